The fourth-order valence-electron chi connectivity index (χ4n) is 2.05. The Morgan fingerprint density at radius 3 is 2.45 bits per heavy atom. The van der Waals surface area contributed by atoms with E-state index < -0.39 is 0 Å². The van der Waals surface area contributed by atoms with Crippen LogP contribution in [0.3, 0.4) is 0 Å². The van der Waals surface area contributed by atoms with E-state index in [1.807, 2.05) is 24.3 Å². The summed E-state index contributed by atoms with van der Waals surface area (Å²) in [6.45, 7) is 5.20. The molecule has 3 nitrogen and oxygen atoms in total. The molecule has 0 saturated heterocycles. The Hall–Kier alpha value is -1.51. The topological polar surface area (TPSA) is 35.5 Å². The van der Waals surface area contributed by atoms with Crippen LogP contribution in [-0.4, -0.2) is 19.7 Å². The molecule has 3 heteroatoms. The van der Waals surface area contributed by atoms with Gasteiger partial charge in [0.2, 0.25) is 0 Å². The van der Waals surface area contributed by atoms with Gasteiger partial charge in [-0.05, 0) is 30.0 Å². The van der Waals surface area contributed by atoms with Crippen LogP contribution in [-0.2, 0) is 16.0 Å². The van der Waals surface area contributed by atoms with E-state index in [4.69, 9.17) is 4.74 Å². The van der Waals surface area contributed by atoms with E-state index in [0.29, 0.717) is 12.3 Å². The molecule has 0 amide bonds. The molecule has 1 atom stereocenters. The lowest BCUT2D eigenvalue weighted by atomic mass is 10.0. The SMILES string of the molecule is CCCCC(CC)COc1ccc(CC(=O)OC)cc1. The first-order valence-electron chi connectivity index (χ1n) is 7.48. The fraction of sp³-hybridized carbons (Fsp3) is 0.588. The van der Waals surface area contributed by atoms with Gasteiger partial charge in [-0.2, -0.15) is 0 Å². The summed E-state index contributed by atoms with van der Waals surface area (Å²) in [7, 11) is 1.40. The van der Waals surface area contributed by atoms with E-state index in [1.54, 1.807) is 0 Å². The quantitative estimate of drug-likeness (QED) is 0.640. The number of unbranched alkanes of at least 4 members (excludes halogenated alkanes) is 1. The van der Waals surface area contributed by atoms with Gasteiger partial charge in [0, 0.05) is 0 Å². The van der Waals surface area contributed by atoms with Crippen LogP contribution in [0.2, 0.25) is 0 Å². The molecule has 0 bridgehead atoms. The van der Waals surface area contributed by atoms with Gasteiger partial charge >= 0.3 is 5.97 Å². The summed E-state index contributed by atoms with van der Waals surface area (Å²) in [5.41, 5.74) is 0.947. The number of methoxy groups -OCH3 is 1. The standard InChI is InChI=1S/C17H26O3/c1-4-6-7-14(5-2)13-20-16-10-8-15(9-11-16)12-17(18)19-3/h8-11,14H,4-7,12-13H2,1-3H3. The normalized spacial score (nSPS) is 11.9. The predicted molar refractivity (Wildman–Crippen MR) is 81.0 cm³/mol. The number of hydrogen-bond acceptors (Lipinski definition) is 3. The molecule has 20 heavy (non-hydrogen) atoms. The fourth-order valence-corrected chi connectivity index (χ4v) is 2.05. The lowest BCUT2D eigenvalue weighted by Gasteiger charge is -2.15. The Labute approximate surface area is 122 Å². The van der Waals surface area contributed by atoms with Gasteiger partial charge in [0.25, 0.3) is 0 Å². The molecule has 1 rings (SSSR count). The molecule has 0 heterocycles. The third-order valence-corrected chi connectivity index (χ3v) is 3.53. The van der Waals surface area contributed by atoms with Crippen molar-refractivity contribution in [3.63, 3.8) is 0 Å². The lowest BCUT2D eigenvalue weighted by molar-refractivity contribution is -0.139. The first-order chi connectivity index (χ1) is 9.69. The minimum Gasteiger partial charge on any atom is -0.493 e. The highest BCUT2D eigenvalue weighted by Gasteiger charge is 2.07. The van der Waals surface area contributed by atoms with Crippen molar-refractivity contribution in [3.8, 4) is 5.75 Å². The van der Waals surface area contributed by atoms with Gasteiger partial charge in [-0.25, -0.2) is 0 Å². The number of hydrogen-bond donors (Lipinski definition) is 0. The van der Waals surface area contributed by atoms with Crippen molar-refractivity contribution in [1.29, 1.82) is 0 Å². The van der Waals surface area contributed by atoms with Crippen LogP contribution < -0.4 is 4.74 Å². The molecule has 0 saturated carbocycles. The number of rotatable bonds is 9. The van der Waals surface area contributed by atoms with Crippen LogP contribution in [0.15, 0.2) is 24.3 Å². The third kappa shape index (κ3) is 6.09. The zero-order valence-electron chi connectivity index (χ0n) is 12.9. The molecule has 0 aliphatic carbocycles. The molecule has 1 aromatic carbocycles. The van der Waals surface area contributed by atoms with Gasteiger partial charge < -0.3 is 9.47 Å². The molecular formula is C17H26O3. The zero-order valence-corrected chi connectivity index (χ0v) is 12.9. The number of carbonyl (C=O) groups excluding carboxylic acids is 1. The molecule has 0 spiro atoms. The largest absolute Gasteiger partial charge is 0.493 e. The smallest absolute Gasteiger partial charge is 0.309 e. The average molecular weight is 278 g/mol. The summed E-state index contributed by atoms with van der Waals surface area (Å²) in [5.74, 6) is 1.28. The maximum Gasteiger partial charge on any atom is 0.309 e. The minimum absolute atomic E-state index is 0.218. The van der Waals surface area contributed by atoms with E-state index >= 15 is 0 Å². The summed E-state index contributed by atoms with van der Waals surface area (Å²) >= 11 is 0. The van der Waals surface area contributed by atoms with Crippen molar-refractivity contribution < 1.29 is 14.3 Å². The highest BCUT2D eigenvalue weighted by molar-refractivity contribution is 5.72. The van der Waals surface area contributed by atoms with E-state index in [0.717, 1.165) is 24.3 Å². The average Bonchev–Trinajstić information content (AvgIpc) is 2.49. The minimum atomic E-state index is -0.218. The van der Waals surface area contributed by atoms with Crippen molar-refractivity contribution in [3.05, 3.63) is 29.8 Å². The maximum atomic E-state index is 11.2. The van der Waals surface area contributed by atoms with Gasteiger partial charge in [0.05, 0.1) is 20.1 Å². The van der Waals surface area contributed by atoms with Crippen molar-refractivity contribution in [2.75, 3.05) is 13.7 Å². The summed E-state index contributed by atoms with van der Waals surface area (Å²) in [4.78, 5) is 11.2. The Bertz CT molecular complexity index is 384. The third-order valence-electron chi connectivity index (χ3n) is 3.53. The van der Waals surface area contributed by atoms with E-state index in [1.165, 1.54) is 26.4 Å². The molecule has 0 aliphatic heterocycles. The first kappa shape index (κ1) is 16.5. The first-order valence-corrected chi connectivity index (χ1v) is 7.48. The van der Waals surface area contributed by atoms with Crippen molar-refractivity contribution in [2.45, 2.75) is 46.0 Å². The molecule has 0 aliphatic rings. The highest BCUT2D eigenvalue weighted by atomic mass is 16.5. The maximum absolute atomic E-state index is 11.2. The van der Waals surface area contributed by atoms with Gasteiger partial charge in [0.1, 0.15) is 5.75 Å². The van der Waals surface area contributed by atoms with Gasteiger partial charge in [-0.1, -0.05) is 45.2 Å². The van der Waals surface area contributed by atoms with Crippen LogP contribution >= 0.6 is 0 Å². The Kier molecular flexibility index (Phi) is 7.78. The van der Waals surface area contributed by atoms with Crippen molar-refractivity contribution in [2.24, 2.45) is 5.92 Å². The number of benzene rings is 1. The second-order valence-electron chi connectivity index (χ2n) is 5.12. The molecule has 0 radical (unpaired) electrons. The second-order valence-corrected chi connectivity index (χ2v) is 5.12. The van der Waals surface area contributed by atoms with Gasteiger partial charge in [-0.3, -0.25) is 4.79 Å². The zero-order chi connectivity index (χ0) is 14.8. The Morgan fingerprint density at radius 1 is 1.20 bits per heavy atom. The molecule has 0 fully saturated rings. The summed E-state index contributed by atoms with van der Waals surface area (Å²) in [6, 6.07) is 7.67. The van der Waals surface area contributed by atoms with Crippen molar-refractivity contribution >= 4 is 5.97 Å². The van der Waals surface area contributed by atoms with Crippen LogP contribution in [0.1, 0.15) is 45.1 Å². The van der Waals surface area contributed by atoms with Crippen LogP contribution in [0.25, 0.3) is 0 Å². The molecule has 0 aromatic heterocycles. The van der Waals surface area contributed by atoms with Crippen LogP contribution in [0, 0.1) is 5.92 Å². The number of esters is 1. The Morgan fingerprint density at radius 2 is 1.90 bits per heavy atom. The molecule has 0 N–H and O–H groups in total. The lowest BCUT2D eigenvalue weighted by Crippen LogP contribution is -2.11. The predicted octanol–water partition coefficient (Wildman–Crippen LogP) is 4.00. The Balaban J connectivity index is 2.42. The van der Waals surface area contributed by atoms with Crippen LogP contribution in [0.5, 0.6) is 5.75 Å². The molecular weight excluding hydrogens is 252 g/mol. The monoisotopic (exact) mass is 278 g/mol. The summed E-state index contributed by atoms with van der Waals surface area (Å²) < 4.78 is 10.5. The number of carbonyl (C=O) groups is 1. The van der Waals surface area contributed by atoms with Gasteiger partial charge in [-0.15, -0.1) is 0 Å². The number of ether oxygens (including phenoxy) is 2. The van der Waals surface area contributed by atoms with Crippen molar-refractivity contribution in [1.82, 2.24) is 0 Å². The van der Waals surface area contributed by atoms with Gasteiger partial charge in [0.15, 0.2) is 0 Å². The van der Waals surface area contributed by atoms with E-state index in [-0.39, 0.29) is 5.97 Å². The summed E-state index contributed by atoms with van der Waals surface area (Å²) in [6.07, 6.45) is 5.19. The van der Waals surface area contributed by atoms with E-state index in [9.17, 15) is 4.79 Å². The summed E-state index contributed by atoms with van der Waals surface area (Å²) in [5, 5.41) is 0. The van der Waals surface area contributed by atoms with E-state index in [2.05, 4.69) is 18.6 Å². The highest BCUT2D eigenvalue weighted by Crippen LogP contribution is 2.17. The second kappa shape index (κ2) is 9.40. The van der Waals surface area contributed by atoms with Crippen LogP contribution in [0.4, 0.5) is 0 Å². The molecule has 1 aromatic rings. The molecule has 1 unspecified atom stereocenters. The molecule has 112 valence electrons.